The van der Waals surface area contributed by atoms with Crippen molar-refractivity contribution in [1.29, 1.82) is 0 Å². The zero-order valence-electron chi connectivity index (χ0n) is 13.3. The van der Waals surface area contributed by atoms with Crippen molar-refractivity contribution in [2.75, 3.05) is 6.61 Å². The van der Waals surface area contributed by atoms with E-state index in [0.717, 1.165) is 30.8 Å². The minimum absolute atomic E-state index is 0.0997. The van der Waals surface area contributed by atoms with Gasteiger partial charge in [0.25, 0.3) is 0 Å². The Morgan fingerprint density at radius 3 is 2.96 bits per heavy atom. The summed E-state index contributed by atoms with van der Waals surface area (Å²) in [4.78, 5) is 11.1. The quantitative estimate of drug-likeness (QED) is 0.852. The zero-order valence-corrected chi connectivity index (χ0v) is 13.3. The van der Waals surface area contributed by atoms with E-state index >= 15 is 0 Å². The van der Waals surface area contributed by atoms with Crippen molar-refractivity contribution in [3.05, 3.63) is 65.0 Å². The summed E-state index contributed by atoms with van der Waals surface area (Å²) < 4.78 is 19.0. The van der Waals surface area contributed by atoms with Gasteiger partial charge in [0, 0.05) is 12.6 Å². The first kappa shape index (κ1) is 16.5. The number of fused-ring (bicyclic) bond motifs is 1. The van der Waals surface area contributed by atoms with Crippen LogP contribution in [0.4, 0.5) is 4.39 Å². The molecule has 126 valence electrons. The van der Waals surface area contributed by atoms with Crippen molar-refractivity contribution in [2.45, 2.75) is 31.8 Å². The number of ether oxygens (including phenoxy) is 1. The summed E-state index contributed by atoms with van der Waals surface area (Å²) >= 11 is 0. The number of carboxylic acids is 1. The number of aliphatic carboxylic acids is 1. The molecule has 24 heavy (non-hydrogen) atoms. The number of hydrogen-bond acceptors (Lipinski definition) is 3. The normalized spacial score (nSPS) is 14.5. The molecule has 0 bridgehead atoms. The summed E-state index contributed by atoms with van der Waals surface area (Å²) in [6.45, 7) is 1.27. The molecule has 1 atom stereocenters. The molecule has 1 heterocycles. The molecule has 1 aliphatic heterocycles. The molecule has 0 radical (unpaired) electrons. The Morgan fingerprint density at radius 2 is 2.17 bits per heavy atom. The van der Waals surface area contributed by atoms with Gasteiger partial charge in [0.1, 0.15) is 11.6 Å². The summed E-state index contributed by atoms with van der Waals surface area (Å²) in [5.41, 5.74) is 2.88. The van der Waals surface area contributed by atoms with E-state index in [9.17, 15) is 9.18 Å². The summed E-state index contributed by atoms with van der Waals surface area (Å²) in [5.74, 6) is -0.358. The Kier molecular flexibility index (Phi) is 5.11. The molecule has 5 heteroatoms. The van der Waals surface area contributed by atoms with Crippen molar-refractivity contribution in [3.63, 3.8) is 0 Å². The van der Waals surface area contributed by atoms with Crippen LogP contribution in [0.3, 0.4) is 0 Å². The summed E-state index contributed by atoms with van der Waals surface area (Å²) in [7, 11) is 0. The average molecular weight is 329 g/mol. The van der Waals surface area contributed by atoms with Crippen LogP contribution in [0.1, 0.15) is 35.6 Å². The van der Waals surface area contributed by atoms with Crippen LogP contribution < -0.4 is 10.1 Å². The molecule has 2 aromatic carbocycles. The van der Waals surface area contributed by atoms with Crippen molar-refractivity contribution >= 4 is 5.97 Å². The molecule has 1 unspecified atom stereocenters. The van der Waals surface area contributed by atoms with Crippen LogP contribution >= 0.6 is 0 Å². The molecule has 0 saturated heterocycles. The first-order valence-electron chi connectivity index (χ1n) is 8.07. The van der Waals surface area contributed by atoms with Gasteiger partial charge in [0.15, 0.2) is 0 Å². The Labute approximate surface area is 140 Å². The lowest BCUT2D eigenvalue weighted by atomic mass is 10.0. The van der Waals surface area contributed by atoms with Crippen LogP contribution in [0.2, 0.25) is 0 Å². The van der Waals surface area contributed by atoms with E-state index in [2.05, 4.69) is 11.4 Å². The van der Waals surface area contributed by atoms with Gasteiger partial charge >= 0.3 is 5.97 Å². The summed E-state index contributed by atoms with van der Waals surface area (Å²) in [5, 5.41) is 12.3. The molecule has 3 rings (SSSR count). The van der Waals surface area contributed by atoms with E-state index in [1.54, 1.807) is 12.1 Å². The lowest BCUT2D eigenvalue weighted by Gasteiger charge is -2.20. The van der Waals surface area contributed by atoms with Gasteiger partial charge in [0.2, 0.25) is 0 Å². The van der Waals surface area contributed by atoms with Crippen molar-refractivity contribution in [2.24, 2.45) is 0 Å². The van der Waals surface area contributed by atoms with Crippen LogP contribution in [0.5, 0.6) is 5.75 Å². The van der Waals surface area contributed by atoms with E-state index in [1.165, 1.54) is 17.7 Å². The van der Waals surface area contributed by atoms with Gasteiger partial charge in [-0.05, 0) is 47.7 Å². The predicted molar refractivity (Wildman–Crippen MR) is 88.5 cm³/mol. The fourth-order valence-corrected chi connectivity index (χ4v) is 2.97. The number of carboxylic acid groups (broad SMARTS) is 1. The lowest BCUT2D eigenvalue weighted by molar-refractivity contribution is -0.137. The molecular weight excluding hydrogens is 309 g/mol. The van der Waals surface area contributed by atoms with Crippen LogP contribution in [0.25, 0.3) is 0 Å². The number of nitrogens with one attached hydrogen (secondary N) is 1. The fraction of sp³-hybridized carbons (Fsp3) is 0.316. The second-order valence-corrected chi connectivity index (χ2v) is 5.98. The van der Waals surface area contributed by atoms with Crippen molar-refractivity contribution in [1.82, 2.24) is 5.32 Å². The number of rotatable bonds is 6. The SMILES string of the molecule is O=C(O)CC(NCc1ccc2c(c1)CCCO2)c1cccc(F)c1. The molecule has 0 spiro atoms. The highest BCUT2D eigenvalue weighted by Gasteiger charge is 2.16. The monoisotopic (exact) mass is 329 g/mol. The average Bonchev–Trinajstić information content (AvgIpc) is 2.58. The third kappa shape index (κ3) is 4.11. The largest absolute Gasteiger partial charge is 0.493 e. The van der Waals surface area contributed by atoms with Gasteiger partial charge in [-0.15, -0.1) is 0 Å². The fourth-order valence-electron chi connectivity index (χ4n) is 2.97. The number of halogens is 1. The zero-order chi connectivity index (χ0) is 16.9. The maximum absolute atomic E-state index is 13.4. The second kappa shape index (κ2) is 7.45. The Hall–Kier alpha value is -2.40. The van der Waals surface area contributed by atoms with E-state index in [0.29, 0.717) is 12.1 Å². The summed E-state index contributed by atoms with van der Waals surface area (Å²) in [6, 6.07) is 11.6. The Bertz CT molecular complexity index is 732. The minimum Gasteiger partial charge on any atom is -0.493 e. The molecule has 4 nitrogen and oxygen atoms in total. The standard InChI is InChI=1S/C19H20FNO3/c20-16-5-1-3-14(10-16)17(11-19(22)23)21-12-13-6-7-18-15(9-13)4-2-8-24-18/h1,3,5-7,9-10,17,21H,2,4,8,11-12H2,(H,22,23). The van der Waals surface area contributed by atoms with Crippen molar-refractivity contribution in [3.8, 4) is 5.75 Å². The highest BCUT2D eigenvalue weighted by Crippen LogP contribution is 2.26. The van der Waals surface area contributed by atoms with Gasteiger partial charge in [-0.3, -0.25) is 4.79 Å². The first-order valence-corrected chi connectivity index (χ1v) is 8.07. The maximum Gasteiger partial charge on any atom is 0.305 e. The lowest BCUT2D eigenvalue weighted by Crippen LogP contribution is -2.24. The molecule has 0 amide bonds. The van der Waals surface area contributed by atoms with Gasteiger partial charge in [-0.25, -0.2) is 4.39 Å². The molecule has 0 fully saturated rings. The van der Waals surface area contributed by atoms with Crippen LogP contribution in [-0.2, 0) is 17.8 Å². The highest BCUT2D eigenvalue weighted by atomic mass is 19.1. The number of aryl methyl sites for hydroxylation is 1. The van der Waals surface area contributed by atoms with Crippen LogP contribution in [-0.4, -0.2) is 17.7 Å². The predicted octanol–water partition coefficient (Wildman–Crippen LogP) is 3.46. The number of hydrogen-bond donors (Lipinski definition) is 2. The van der Waals surface area contributed by atoms with Gasteiger partial charge in [-0.2, -0.15) is 0 Å². The molecular formula is C19H20FNO3. The van der Waals surface area contributed by atoms with E-state index in [1.807, 2.05) is 12.1 Å². The highest BCUT2D eigenvalue weighted by molar-refractivity contribution is 5.68. The van der Waals surface area contributed by atoms with Gasteiger partial charge in [-0.1, -0.05) is 24.3 Å². The third-order valence-corrected chi connectivity index (χ3v) is 4.16. The van der Waals surface area contributed by atoms with Gasteiger partial charge in [0.05, 0.1) is 13.0 Å². The Morgan fingerprint density at radius 1 is 1.29 bits per heavy atom. The topological polar surface area (TPSA) is 58.6 Å². The molecule has 0 saturated carbocycles. The smallest absolute Gasteiger partial charge is 0.305 e. The number of carbonyl (C=O) groups is 1. The summed E-state index contributed by atoms with van der Waals surface area (Å²) in [6.07, 6.45) is 1.90. The van der Waals surface area contributed by atoms with Crippen molar-refractivity contribution < 1.29 is 19.0 Å². The second-order valence-electron chi connectivity index (χ2n) is 5.98. The van der Waals surface area contributed by atoms with Crippen LogP contribution in [0.15, 0.2) is 42.5 Å². The van der Waals surface area contributed by atoms with Crippen LogP contribution in [0, 0.1) is 5.82 Å². The third-order valence-electron chi connectivity index (χ3n) is 4.16. The van der Waals surface area contributed by atoms with E-state index < -0.39 is 12.0 Å². The minimum atomic E-state index is -0.921. The van der Waals surface area contributed by atoms with Gasteiger partial charge < -0.3 is 15.2 Å². The number of benzene rings is 2. The van der Waals surface area contributed by atoms with E-state index in [4.69, 9.17) is 9.84 Å². The maximum atomic E-state index is 13.4. The molecule has 2 N–H and O–H groups in total. The Balaban J connectivity index is 1.72. The first-order chi connectivity index (χ1) is 11.6. The molecule has 2 aromatic rings. The molecule has 0 aliphatic carbocycles. The molecule has 1 aliphatic rings. The molecule has 0 aromatic heterocycles. The van der Waals surface area contributed by atoms with E-state index in [-0.39, 0.29) is 12.2 Å².